The molecular weight excluding hydrogens is 188 g/mol. The average molecular weight is 206 g/mol. The van der Waals surface area contributed by atoms with E-state index in [1.165, 1.54) is 31.5 Å². The van der Waals surface area contributed by atoms with E-state index in [2.05, 4.69) is 14.8 Å². The Bertz CT molecular complexity index is 359. The van der Waals surface area contributed by atoms with Crippen molar-refractivity contribution in [3.05, 3.63) is 11.6 Å². The second kappa shape index (κ2) is 3.30. The van der Waals surface area contributed by atoms with Crippen LogP contribution in [0.4, 0.5) is 0 Å². The minimum atomic E-state index is 0.492. The number of hydrogen-bond donors (Lipinski definition) is 1. The van der Waals surface area contributed by atoms with E-state index in [4.69, 9.17) is 5.73 Å². The molecule has 2 atom stereocenters. The minimum Gasteiger partial charge on any atom is -0.324 e. The van der Waals surface area contributed by atoms with Gasteiger partial charge in [-0.05, 0) is 24.7 Å². The summed E-state index contributed by atoms with van der Waals surface area (Å²) in [6.45, 7) is 0.492. The number of aromatic nitrogens is 3. The summed E-state index contributed by atoms with van der Waals surface area (Å²) in [6.07, 6.45) is 5.58. The lowest BCUT2D eigenvalue weighted by Crippen LogP contribution is -2.06. The van der Waals surface area contributed by atoms with Crippen LogP contribution in [0.1, 0.15) is 43.3 Å². The van der Waals surface area contributed by atoms with Crippen molar-refractivity contribution in [3.63, 3.8) is 0 Å². The molecular formula is C11H18N4. The predicted molar refractivity (Wildman–Crippen MR) is 57.1 cm³/mol. The van der Waals surface area contributed by atoms with Crippen LogP contribution >= 0.6 is 0 Å². The van der Waals surface area contributed by atoms with Crippen LogP contribution in [0.3, 0.4) is 0 Å². The zero-order chi connectivity index (χ0) is 10.4. The first-order valence-electron chi connectivity index (χ1n) is 5.91. The number of rotatable bonds is 2. The Labute approximate surface area is 89.9 Å². The van der Waals surface area contributed by atoms with E-state index < -0.39 is 0 Å². The maximum atomic E-state index is 5.61. The highest BCUT2D eigenvalue weighted by Gasteiger charge is 2.53. The topological polar surface area (TPSA) is 56.7 Å². The largest absolute Gasteiger partial charge is 0.324 e. The van der Waals surface area contributed by atoms with E-state index in [9.17, 15) is 0 Å². The van der Waals surface area contributed by atoms with Gasteiger partial charge in [-0.1, -0.05) is 12.8 Å². The first-order chi connectivity index (χ1) is 7.33. The molecule has 0 bridgehead atoms. The fourth-order valence-corrected chi connectivity index (χ4v) is 3.22. The summed E-state index contributed by atoms with van der Waals surface area (Å²) in [5, 5.41) is 8.45. The SMILES string of the molecule is Cn1c(CN)nnc1C1C2CCCCC21. The highest BCUT2D eigenvalue weighted by molar-refractivity contribution is 5.17. The van der Waals surface area contributed by atoms with Crippen LogP contribution in [0, 0.1) is 11.8 Å². The fourth-order valence-electron chi connectivity index (χ4n) is 3.22. The van der Waals surface area contributed by atoms with Gasteiger partial charge >= 0.3 is 0 Å². The van der Waals surface area contributed by atoms with Gasteiger partial charge in [0.15, 0.2) is 0 Å². The summed E-state index contributed by atoms with van der Waals surface area (Å²) in [7, 11) is 2.04. The summed E-state index contributed by atoms with van der Waals surface area (Å²) in [5.41, 5.74) is 5.61. The lowest BCUT2D eigenvalue weighted by molar-refractivity contribution is 0.480. The van der Waals surface area contributed by atoms with Crippen LogP contribution in [0.2, 0.25) is 0 Å². The first kappa shape index (κ1) is 9.33. The highest BCUT2D eigenvalue weighted by atomic mass is 15.3. The van der Waals surface area contributed by atoms with Gasteiger partial charge in [0.25, 0.3) is 0 Å². The van der Waals surface area contributed by atoms with Crippen LogP contribution in [-0.2, 0) is 13.6 Å². The minimum absolute atomic E-state index is 0.492. The molecule has 3 rings (SSSR count). The van der Waals surface area contributed by atoms with Crippen molar-refractivity contribution in [2.45, 2.75) is 38.1 Å². The molecule has 2 unspecified atom stereocenters. The molecule has 2 saturated carbocycles. The van der Waals surface area contributed by atoms with Crippen molar-refractivity contribution in [2.75, 3.05) is 0 Å². The standard InChI is InChI=1S/C11H18N4/c1-15-9(6-12)13-14-11(15)10-7-4-2-3-5-8(7)10/h7-8,10H,2-6,12H2,1H3. The van der Waals surface area contributed by atoms with Gasteiger partial charge in [-0.15, -0.1) is 10.2 Å². The van der Waals surface area contributed by atoms with Crippen molar-refractivity contribution >= 4 is 0 Å². The third-order valence-electron chi connectivity index (χ3n) is 4.14. The first-order valence-corrected chi connectivity index (χ1v) is 5.91. The molecule has 0 aliphatic heterocycles. The summed E-state index contributed by atoms with van der Waals surface area (Å²) in [5.74, 6) is 4.56. The summed E-state index contributed by atoms with van der Waals surface area (Å²) < 4.78 is 2.10. The molecule has 82 valence electrons. The van der Waals surface area contributed by atoms with E-state index in [0.717, 1.165) is 17.7 Å². The summed E-state index contributed by atoms with van der Waals surface area (Å²) >= 11 is 0. The smallest absolute Gasteiger partial charge is 0.146 e. The van der Waals surface area contributed by atoms with Crippen LogP contribution in [0.15, 0.2) is 0 Å². The summed E-state index contributed by atoms with van der Waals surface area (Å²) in [4.78, 5) is 0. The zero-order valence-corrected chi connectivity index (χ0v) is 9.19. The molecule has 15 heavy (non-hydrogen) atoms. The Morgan fingerprint density at radius 3 is 2.47 bits per heavy atom. The number of nitrogens with zero attached hydrogens (tertiary/aromatic N) is 3. The quantitative estimate of drug-likeness (QED) is 0.790. The third-order valence-corrected chi connectivity index (χ3v) is 4.14. The van der Waals surface area contributed by atoms with E-state index >= 15 is 0 Å². The maximum Gasteiger partial charge on any atom is 0.146 e. The van der Waals surface area contributed by atoms with Gasteiger partial charge < -0.3 is 10.3 Å². The molecule has 4 nitrogen and oxygen atoms in total. The van der Waals surface area contributed by atoms with Gasteiger partial charge in [0.2, 0.25) is 0 Å². The third kappa shape index (κ3) is 1.31. The maximum absolute atomic E-state index is 5.61. The second-order valence-electron chi connectivity index (χ2n) is 4.88. The van der Waals surface area contributed by atoms with Crippen molar-refractivity contribution in [1.29, 1.82) is 0 Å². The highest BCUT2D eigenvalue weighted by Crippen LogP contribution is 2.60. The van der Waals surface area contributed by atoms with Crippen LogP contribution in [-0.4, -0.2) is 14.8 Å². The van der Waals surface area contributed by atoms with E-state index in [0.29, 0.717) is 12.5 Å². The molecule has 4 heteroatoms. The lowest BCUT2D eigenvalue weighted by Gasteiger charge is -2.04. The lowest BCUT2D eigenvalue weighted by atomic mass is 10.0. The number of nitrogens with two attached hydrogens (primary N) is 1. The Hall–Kier alpha value is -0.900. The molecule has 1 aromatic rings. The molecule has 0 radical (unpaired) electrons. The van der Waals surface area contributed by atoms with Gasteiger partial charge in [-0.25, -0.2) is 0 Å². The summed E-state index contributed by atoms with van der Waals surface area (Å²) in [6, 6.07) is 0. The Morgan fingerprint density at radius 1 is 1.27 bits per heavy atom. The van der Waals surface area contributed by atoms with E-state index in [-0.39, 0.29) is 0 Å². The fraction of sp³-hybridized carbons (Fsp3) is 0.818. The Kier molecular flexibility index (Phi) is 2.06. The van der Waals surface area contributed by atoms with Gasteiger partial charge in [0.1, 0.15) is 11.6 Å². The molecule has 2 aliphatic carbocycles. The average Bonchev–Trinajstić information content (AvgIpc) is 2.88. The van der Waals surface area contributed by atoms with Crippen LogP contribution in [0.5, 0.6) is 0 Å². The van der Waals surface area contributed by atoms with Gasteiger partial charge in [0, 0.05) is 13.0 Å². The second-order valence-corrected chi connectivity index (χ2v) is 4.88. The molecule has 2 N–H and O–H groups in total. The molecule has 2 aliphatic rings. The van der Waals surface area contributed by atoms with Crippen LogP contribution < -0.4 is 5.73 Å². The zero-order valence-electron chi connectivity index (χ0n) is 9.19. The molecule has 2 fully saturated rings. The monoisotopic (exact) mass is 206 g/mol. The molecule has 1 heterocycles. The number of fused-ring (bicyclic) bond motifs is 1. The van der Waals surface area contributed by atoms with E-state index in [1.54, 1.807) is 0 Å². The Balaban J connectivity index is 1.85. The molecule has 0 spiro atoms. The van der Waals surface area contributed by atoms with E-state index in [1.807, 2.05) is 7.05 Å². The van der Waals surface area contributed by atoms with Crippen molar-refractivity contribution in [2.24, 2.45) is 24.6 Å². The van der Waals surface area contributed by atoms with Crippen LogP contribution in [0.25, 0.3) is 0 Å². The molecule has 1 aromatic heterocycles. The van der Waals surface area contributed by atoms with Crippen molar-refractivity contribution in [3.8, 4) is 0 Å². The molecule has 0 amide bonds. The van der Waals surface area contributed by atoms with Crippen molar-refractivity contribution < 1.29 is 0 Å². The molecule has 0 aromatic carbocycles. The van der Waals surface area contributed by atoms with Gasteiger partial charge in [-0.3, -0.25) is 0 Å². The molecule has 0 saturated heterocycles. The van der Waals surface area contributed by atoms with Crippen molar-refractivity contribution in [1.82, 2.24) is 14.8 Å². The normalized spacial score (nSPS) is 33.9. The van der Waals surface area contributed by atoms with Gasteiger partial charge in [-0.2, -0.15) is 0 Å². The van der Waals surface area contributed by atoms with Gasteiger partial charge in [0.05, 0.1) is 6.54 Å². The Morgan fingerprint density at radius 2 is 1.93 bits per heavy atom. The number of hydrogen-bond acceptors (Lipinski definition) is 3. The predicted octanol–water partition coefficient (Wildman–Crippen LogP) is 1.18.